The third-order valence-corrected chi connectivity index (χ3v) is 5.04. The van der Waals surface area contributed by atoms with Gasteiger partial charge < -0.3 is 9.64 Å². The van der Waals surface area contributed by atoms with E-state index in [0.29, 0.717) is 17.3 Å². The average Bonchev–Trinajstić information content (AvgIpc) is 2.85. The van der Waals surface area contributed by atoms with Gasteiger partial charge in [-0.05, 0) is 65.6 Å². The van der Waals surface area contributed by atoms with Crippen LogP contribution in [0.1, 0.15) is 55.8 Å². The van der Waals surface area contributed by atoms with E-state index in [0.717, 1.165) is 49.0 Å². The predicted octanol–water partition coefficient (Wildman–Crippen LogP) is 4.52. The number of halogens is 1. The molecule has 1 fully saturated rings. The van der Waals surface area contributed by atoms with E-state index >= 15 is 0 Å². The molecule has 24 heavy (non-hydrogen) atoms. The summed E-state index contributed by atoms with van der Waals surface area (Å²) in [5, 5.41) is 3.38. The zero-order valence-corrected chi connectivity index (χ0v) is 16.5. The Morgan fingerprint density at radius 1 is 1.29 bits per heavy atom. The van der Waals surface area contributed by atoms with E-state index in [2.05, 4.69) is 33.1 Å². The lowest BCUT2D eigenvalue weighted by Crippen LogP contribution is -2.43. The highest BCUT2D eigenvalue weighted by Gasteiger charge is 2.16. The molecule has 0 radical (unpaired) electrons. The van der Waals surface area contributed by atoms with Crippen LogP contribution in [0, 0.1) is 0 Å². The molecular formula is C18H25BrN2O2S. The van der Waals surface area contributed by atoms with Crippen LogP contribution in [-0.2, 0) is 0 Å². The molecule has 4 nitrogen and oxygen atoms in total. The highest BCUT2D eigenvalue weighted by Crippen LogP contribution is 2.26. The van der Waals surface area contributed by atoms with Crippen molar-refractivity contribution >= 4 is 39.2 Å². The smallest absolute Gasteiger partial charge is 0.257 e. The Labute approximate surface area is 158 Å². The van der Waals surface area contributed by atoms with Crippen LogP contribution >= 0.6 is 28.1 Å². The molecule has 0 aliphatic carbocycles. The van der Waals surface area contributed by atoms with Crippen molar-refractivity contribution in [3.05, 3.63) is 28.2 Å². The van der Waals surface area contributed by atoms with E-state index in [4.69, 9.17) is 17.0 Å². The van der Waals surface area contributed by atoms with Gasteiger partial charge in [0.05, 0.1) is 11.1 Å². The summed E-state index contributed by atoms with van der Waals surface area (Å²) in [6.07, 6.45) is 6.83. The van der Waals surface area contributed by atoms with Crippen LogP contribution in [0.3, 0.4) is 0 Å². The molecule has 1 aromatic carbocycles. The van der Waals surface area contributed by atoms with Gasteiger partial charge in [0, 0.05) is 18.7 Å². The molecule has 132 valence electrons. The highest BCUT2D eigenvalue weighted by molar-refractivity contribution is 9.10. The number of hydrogen-bond acceptors (Lipinski definition) is 3. The Bertz CT molecular complexity index is 572. The maximum atomic E-state index is 12.4. The summed E-state index contributed by atoms with van der Waals surface area (Å²) in [4.78, 5) is 14.5. The first-order valence-electron chi connectivity index (χ1n) is 8.64. The Kier molecular flexibility index (Phi) is 7.99. The zero-order chi connectivity index (χ0) is 17.4. The second kappa shape index (κ2) is 9.99. The lowest BCUT2D eigenvalue weighted by Gasteiger charge is -2.23. The molecule has 0 bridgehead atoms. The quantitative estimate of drug-likeness (QED) is 0.570. The molecule has 0 saturated carbocycles. The number of benzene rings is 1. The fourth-order valence-corrected chi connectivity index (χ4v) is 3.38. The van der Waals surface area contributed by atoms with Gasteiger partial charge in [-0.15, -0.1) is 0 Å². The van der Waals surface area contributed by atoms with Gasteiger partial charge in [0.1, 0.15) is 5.75 Å². The second-order valence-electron chi connectivity index (χ2n) is 6.01. The Morgan fingerprint density at radius 3 is 2.62 bits per heavy atom. The van der Waals surface area contributed by atoms with Gasteiger partial charge in [-0.2, -0.15) is 0 Å². The van der Waals surface area contributed by atoms with E-state index < -0.39 is 0 Å². The van der Waals surface area contributed by atoms with Gasteiger partial charge in [0.15, 0.2) is 5.11 Å². The standard InChI is InChI=1S/C18H25BrN2O2S/c1-2-3-12-23-16-9-8-14(13-15(16)19)17(22)20-18(24)21-10-6-4-5-7-11-21/h8-9,13H,2-7,10-12H2,1H3,(H,20,22,24). The van der Waals surface area contributed by atoms with Crippen LogP contribution < -0.4 is 10.1 Å². The van der Waals surface area contributed by atoms with Crippen molar-refractivity contribution in [1.82, 2.24) is 10.2 Å². The van der Waals surface area contributed by atoms with E-state index in [1.165, 1.54) is 12.8 Å². The van der Waals surface area contributed by atoms with Crippen molar-refractivity contribution < 1.29 is 9.53 Å². The number of amides is 1. The molecule has 1 aliphatic heterocycles. The lowest BCUT2D eigenvalue weighted by molar-refractivity contribution is 0.0973. The van der Waals surface area contributed by atoms with Crippen molar-refractivity contribution in [2.75, 3.05) is 19.7 Å². The maximum absolute atomic E-state index is 12.4. The molecule has 0 atom stereocenters. The monoisotopic (exact) mass is 412 g/mol. The van der Waals surface area contributed by atoms with Crippen molar-refractivity contribution in [2.45, 2.75) is 45.4 Å². The van der Waals surface area contributed by atoms with Gasteiger partial charge in [0.2, 0.25) is 0 Å². The SMILES string of the molecule is CCCCOc1ccc(C(=O)NC(=S)N2CCCCCC2)cc1Br. The number of hydrogen-bond donors (Lipinski definition) is 1. The summed E-state index contributed by atoms with van der Waals surface area (Å²) in [5.41, 5.74) is 0.571. The molecule has 1 saturated heterocycles. The third kappa shape index (κ3) is 5.74. The number of carbonyl (C=O) groups excluding carboxylic acids is 1. The van der Waals surface area contributed by atoms with Crippen LogP contribution in [0.4, 0.5) is 0 Å². The number of rotatable bonds is 5. The van der Waals surface area contributed by atoms with E-state index in [9.17, 15) is 4.79 Å². The molecule has 2 rings (SSSR count). The Morgan fingerprint density at radius 2 is 2.00 bits per heavy atom. The predicted molar refractivity (Wildman–Crippen MR) is 105 cm³/mol. The fraction of sp³-hybridized carbons (Fsp3) is 0.556. The minimum atomic E-state index is -0.176. The molecular weight excluding hydrogens is 388 g/mol. The van der Waals surface area contributed by atoms with Gasteiger partial charge in [-0.25, -0.2) is 0 Å². The lowest BCUT2D eigenvalue weighted by atomic mass is 10.2. The molecule has 1 heterocycles. The van der Waals surface area contributed by atoms with Crippen molar-refractivity contribution in [3.63, 3.8) is 0 Å². The number of nitrogens with one attached hydrogen (secondary N) is 1. The van der Waals surface area contributed by atoms with E-state index in [1.807, 2.05) is 6.07 Å². The second-order valence-corrected chi connectivity index (χ2v) is 7.25. The number of likely N-dealkylation sites (tertiary alicyclic amines) is 1. The average molecular weight is 413 g/mol. The summed E-state index contributed by atoms with van der Waals surface area (Å²) in [6, 6.07) is 5.37. The summed E-state index contributed by atoms with van der Waals surface area (Å²) in [6.45, 7) is 4.65. The molecule has 1 aromatic rings. The Hall–Kier alpha value is -1.14. The van der Waals surface area contributed by atoms with Gasteiger partial charge in [0.25, 0.3) is 5.91 Å². The normalized spacial score (nSPS) is 14.8. The molecule has 6 heteroatoms. The number of thiocarbonyl (C=S) groups is 1. The third-order valence-electron chi connectivity index (χ3n) is 4.06. The first-order valence-corrected chi connectivity index (χ1v) is 9.84. The largest absolute Gasteiger partial charge is 0.492 e. The van der Waals surface area contributed by atoms with Gasteiger partial charge >= 0.3 is 0 Å². The summed E-state index contributed by atoms with van der Waals surface area (Å²) >= 11 is 8.87. The van der Waals surface area contributed by atoms with Crippen LogP contribution in [-0.4, -0.2) is 35.6 Å². The number of nitrogens with zero attached hydrogens (tertiary/aromatic N) is 1. The summed E-state index contributed by atoms with van der Waals surface area (Å²) in [5.74, 6) is 0.583. The van der Waals surface area contributed by atoms with E-state index in [-0.39, 0.29) is 5.91 Å². The number of carbonyl (C=O) groups is 1. The first kappa shape index (κ1) is 19.2. The van der Waals surface area contributed by atoms with E-state index in [1.54, 1.807) is 12.1 Å². The van der Waals surface area contributed by atoms with Crippen LogP contribution in [0.25, 0.3) is 0 Å². The molecule has 0 unspecified atom stereocenters. The van der Waals surface area contributed by atoms with Crippen LogP contribution in [0.15, 0.2) is 22.7 Å². The molecule has 1 N–H and O–H groups in total. The minimum Gasteiger partial charge on any atom is -0.492 e. The summed E-state index contributed by atoms with van der Waals surface area (Å²) < 4.78 is 6.47. The molecule has 1 amide bonds. The molecule has 0 spiro atoms. The highest BCUT2D eigenvalue weighted by atomic mass is 79.9. The number of ether oxygens (including phenoxy) is 1. The molecule has 1 aliphatic rings. The topological polar surface area (TPSA) is 41.6 Å². The van der Waals surface area contributed by atoms with Crippen molar-refractivity contribution in [1.29, 1.82) is 0 Å². The van der Waals surface area contributed by atoms with Gasteiger partial charge in [-0.1, -0.05) is 26.2 Å². The van der Waals surface area contributed by atoms with Crippen molar-refractivity contribution in [3.8, 4) is 5.75 Å². The van der Waals surface area contributed by atoms with Crippen LogP contribution in [0.2, 0.25) is 0 Å². The van der Waals surface area contributed by atoms with Gasteiger partial charge in [-0.3, -0.25) is 10.1 Å². The summed E-state index contributed by atoms with van der Waals surface area (Å²) in [7, 11) is 0. The van der Waals surface area contributed by atoms with Crippen molar-refractivity contribution in [2.24, 2.45) is 0 Å². The first-order chi connectivity index (χ1) is 11.6. The van der Waals surface area contributed by atoms with Crippen LogP contribution in [0.5, 0.6) is 5.75 Å². The number of unbranched alkanes of at least 4 members (excludes halogenated alkanes) is 1. The minimum absolute atomic E-state index is 0.176. The zero-order valence-electron chi connectivity index (χ0n) is 14.1. The maximum Gasteiger partial charge on any atom is 0.257 e. The Balaban J connectivity index is 1.93. The fourth-order valence-electron chi connectivity index (χ4n) is 2.61. The molecule has 0 aromatic heterocycles.